The molecule has 0 bridgehead atoms. The first-order chi connectivity index (χ1) is 8.24. The number of carbonyl (C=O) groups excluding carboxylic acids is 1. The van der Waals surface area contributed by atoms with Crippen LogP contribution in [0.1, 0.15) is 23.2 Å². The van der Waals surface area contributed by atoms with E-state index in [1.165, 1.54) is 0 Å². The van der Waals surface area contributed by atoms with Crippen LogP contribution in [0.25, 0.3) is 11.0 Å². The Morgan fingerprint density at radius 1 is 1.35 bits per heavy atom. The first-order valence-electron chi connectivity index (χ1n) is 5.43. The Kier molecular flexibility index (Phi) is 4.02. The highest BCUT2D eigenvalue weighted by Gasteiger charge is 2.11. The van der Waals surface area contributed by atoms with Gasteiger partial charge in [-0.25, -0.2) is 4.98 Å². The lowest BCUT2D eigenvalue weighted by Gasteiger charge is -2.03. The number of rotatable bonds is 5. The maximum Gasteiger partial charge on any atom is 0.254 e. The monoisotopic (exact) mass is 270 g/mol. The van der Waals surface area contributed by atoms with Crippen LogP contribution in [0.15, 0.2) is 24.5 Å². The smallest absolute Gasteiger partial charge is 0.254 e. The third-order valence-corrected chi connectivity index (χ3v) is 3.12. The predicted octanol–water partition coefficient (Wildman–Crippen LogP) is 3.43. The van der Waals surface area contributed by atoms with Crippen LogP contribution in [0.5, 0.6) is 0 Å². The molecule has 0 atom stereocenters. The molecule has 0 aliphatic carbocycles. The topological polar surface area (TPSA) is 34.9 Å². The summed E-state index contributed by atoms with van der Waals surface area (Å²) in [6.45, 7) is 0.850. The Morgan fingerprint density at radius 2 is 2.18 bits per heavy atom. The molecule has 0 amide bonds. The quantitative estimate of drug-likeness (QED) is 0.474. The average Bonchev–Trinajstić information content (AvgIpc) is 2.72. The van der Waals surface area contributed by atoms with E-state index in [9.17, 15) is 4.79 Å². The zero-order chi connectivity index (χ0) is 12.3. The number of aryl methyl sites for hydroxylation is 1. The van der Waals surface area contributed by atoms with E-state index < -0.39 is 5.24 Å². The van der Waals surface area contributed by atoms with Gasteiger partial charge in [0.2, 0.25) is 0 Å². The zero-order valence-electron chi connectivity index (χ0n) is 9.20. The molecule has 5 heteroatoms. The van der Waals surface area contributed by atoms with Gasteiger partial charge in [0.05, 0.1) is 17.4 Å². The van der Waals surface area contributed by atoms with Crippen molar-refractivity contribution in [3.05, 3.63) is 30.1 Å². The van der Waals surface area contributed by atoms with E-state index in [4.69, 9.17) is 23.2 Å². The number of benzene rings is 1. The Labute approximate surface area is 109 Å². The number of halogens is 2. The maximum absolute atomic E-state index is 11.2. The van der Waals surface area contributed by atoms with Gasteiger partial charge in [0.25, 0.3) is 5.24 Å². The molecule has 1 aromatic heterocycles. The predicted molar refractivity (Wildman–Crippen MR) is 69.9 cm³/mol. The SMILES string of the molecule is O=C(Cl)c1cccc2c1ncn2CCCCCl. The minimum absolute atomic E-state index is 0.459. The first-order valence-corrected chi connectivity index (χ1v) is 6.35. The number of fused-ring (bicyclic) bond motifs is 1. The second-order valence-corrected chi connectivity index (χ2v) is 4.50. The van der Waals surface area contributed by atoms with Crippen molar-refractivity contribution < 1.29 is 4.79 Å². The minimum atomic E-state index is -0.471. The molecule has 1 aromatic carbocycles. The molecule has 2 aromatic rings. The van der Waals surface area contributed by atoms with E-state index in [-0.39, 0.29) is 0 Å². The normalized spacial score (nSPS) is 10.9. The molecule has 0 unspecified atom stereocenters. The van der Waals surface area contributed by atoms with Gasteiger partial charge in [-0.15, -0.1) is 11.6 Å². The molecular formula is C12H12Cl2N2O. The molecule has 90 valence electrons. The van der Waals surface area contributed by atoms with Crippen molar-refractivity contribution in [1.29, 1.82) is 0 Å². The van der Waals surface area contributed by atoms with Crippen LogP contribution in [0, 0.1) is 0 Å². The van der Waals surface area contributed by atoms with Crippen LogP contribution in [-0.2, 0) is 6.54 Å². The summed E-state index contributed by atoms with van der Waals surface area (Å²) in [5, 5.41) is -0.471. The highest BCUT2D eigenvalue weighted by atomic mass is 35.5. The number of para-hydroxylation sites is 1. The number of aromatic nitrogens is 2. The van der Waals surface area contributed by atoms with Crippen LogP contribution in [0.2, 0.25) is 0 Å². The number of nitrogens with zero attached hydrogens (tertiary/aromatic N) is 2. The number of hydrogen-bond acceptors (Lipinski definition) is 2. The number of hydrogen-bond donors (Lipinski definition) is 0. The van der Waals surface area contributed by atoms with Gasteiger partial charge in [0.1, 0.15) is 5.52 Å². The standard InChI is InChI=1S/C12H12Cl2N2O/c13-6-1-2-7-16-8-15-11-9(12(14)17)4-3-5-10(11)16/h3-5,8H,1-2,6-7H2. The number of alkyl halides is 1. The summed E-state index contributed by atoms with van der Waals surface area (Å²) < 4.78 is 2.02. The summed E-state index contributed by atoms with van der Waals surface area (Å²) in [7, 11) is 0. The van der Waals surface area contributed by atoms with Gasteiger partial charge < -0.3 is 4.57 Å². The summed E-state index contributed by atoms with van der Waals surface area (Å²) in [6.07, 6.45) is 3.70. The second kappa shape index (κ2) is 5.52. The highest BCUT2D eigenvalue weighted by molar-refractivity contribution is 6.68. The summed E-state index contributed by atoms with van der Waals surface area (Å²) >= 11 is 11.2. The van der Waals surface area contributed by atoms with Crippen LogP contribution >= 0.6 is 23.2 Å². The molecule has 0 radical (unpaired) electrons. The van der Waals surface area contributed by atoms with Crippen LogP contribution in [0.4, 0.5) is 0 Å². The molecule has 17 heavy (non-hydrogen) atoms. The van der Waals surface area contributed by atoms with Gasteiger partial charge in [-0.1, -0.05) is 6.07 Å². The molecule has 3 nitrogen and oxygen atoms in total. The Bertz CT molecular complexity index is 536. The Morgan fingerprint density at radius 3 is 2.88 bits per heavy atom. The van der Waals surface area contributed by atoms with Crippen molar-refractivity contribution in [3.8, 4) is 0 Å². The van der Waals surface area contributed by atoms with E-state index in [0.717, 1.165) is 24.9 Å². The van der Waals surface area contributed by atoms with Crippen molar-refractivity contribution >= 4 is 39.5 Å². The van der Waals surface area contributed by atoms with Crippen molar-refractivity contribution in [1.82, 2.24) is 9.55 Å². The Hall–Kier alpha value is -1.06. The van der Waals surface area contributed by atoms with Crippen molar-refractivity contribution in [2.75, 3.05) is 5.88 Å². The van der Waals surface area contributed by atoms with Crippen LogP contribution < -0.4 is 0 Å². The van der Waals surface area contributed by atoms with Crippen molar-refractivity contribution in [2.24, 2.45) is 0 Å². The molecule has 0 fully saturated rings. The summed E-state index contributed by atoms with van der Waals surface area (Å²) in [5.74, 6) is 0.665. The largest absolute Gasteiger partial charge is 0.331 e. The van der Waals surface area contributed by atoms with Gasteiger partial charge in [0.15, 0.2) is 0 Å². The van der Waals surface area contributed by atoms with Gasteiger partial charge >= 0.3 is 0 Å². The van der Waals surface area contributed by atoms with Gasteiger partial charge in [-0.2, -0.15) is 0 Å². The third kappa shape index (κ3) is 2.61. The molecule has 0 spiro atoms. The van der Waals surface area contributed by atoms with Gasteiger partial charge in [-0.05, 0) is 36.6 Å². The fourth-order valence-electron chi connectivity index (χ4n) is 1.80. The molecule has 2 rings (SSSR count). The summed E-state index contributed by atoms with van der Waals surface area (Å²) in [4.78, 5) is 15.5. The number of carbonyl (C=O) groups is 1. The van der Waals surface area contributed by atoms with Crippen molar-refractivity contribution in [3.63, 3.8) is 0 Å². The van der Waals surface area contributed by atoms with Gasteiger partial charge in [0, 0.05) is 12.4 Å². The molecule has 0 aliphatic rings. The van der Waals surface area contributed by atoms with E-state index in [1.54, 1.807) is 12.4 Å². The molecule has 0 N–H and O–H groups in total. The molecule has 0 aliphatic heterocycles. The summed E-state index contributed by atoms with van der Waals surface area (Å²) in [6, 6.07) is 5.44. The van der Waals surface area contributed by atoms with Crippen LogP contribution in [0.3, 0.4) is 0 Å². The number of unbranched alkanes of at least 4 members (excludes halogenated alkanes) is 1. The van der Waals surface area contributed by atoms with Crippen molar-refractivity contribution in [2.45, 2.75) is 19.4 Å². The van der Waals surface area contributed by atoms with Crippen LogP contribution in [-0.4, -0.2) is 20.7 Å². The highest BCUT2D eigenvalue weighted by Crippen LogP contribution is 2.19. The second-order valence-electron chi connectivity index (χ2n) is 3.78. The summed E-state index contributed by atoms with van der Waals surface area (Å²) in [5.41, 5.74) is 2.06. The maximum atomic E-state index is 11.2. The lowest BCUT2D eigenvalue weighted by Crippen LogP contribution is -1.97. The lowest BCUT2D eigenvalue weighted by molar-refractivity contribution is 0.108. The van der Waals surface area contributed by atoms with Gasteiger partial charge in [-0.3, -0.25) is 4.79 Å². The van der Waals surface area contributed by atoms with E-state index >= 15 is 0 Å². The molecular weight excluding hydrogens is 259 g/mol. The molecule has 1 heterocycles. The Balaban J connectivity index is 2.34. The average molecular weight is 271 g/mol. The van der Waals surface area contributed by atoms with E-state index in [1.807, 2.05) is 16.7 Å². The lowest BCUT2D eigenvalue weighted by atomic mass is 10.2. The fourth-order valence-corrected chi connectivity index (χ4v) is 2.14. The third-order valence-electron chi connectivity index (χ3n) is 2.64. The van der Waals surface area contributed by atoms with E-state index in [0.29, 0.717) is 17.0 Å². The fraction of sp³-hybridized carbons (Fsp3) is 0.333. The zero-order valence-corrected chi connectivity index (χ0v) is 10.7. The molecule has 0 saturated carbocycles. The first kappa shape index (κ1) is 12.4. The van der Waals surface area contributed by atoms with E-state index in [2.05, 4.69) is 4.98 Å². The molecule has 0 saturated heterocycles. The number of imidazole rings is 1. The minimum Gasteiger partial charge on any atom is -0.331 e.